The van der Waals surface area contributed by atoms with Crippen LogP contribution in [0.3, 0.4) is 0 Å². The van der Waals surface area contributed by atoms with Crippen molar-refractivity contribution in [1.82, 2.24) is 10.6 Å². The fourth-order valence-electron chi connectivity index (χ4n) is 1.23. The standard InChI is InChI=1S/C10H15N3O2S/c1-6(8-4-3-5-16-8)12-9(14)7(2)13-10(11)15/h3-7H,1-2H3,(H,12,14)(H3,11,13,15). The molecule has 2 atom stereocenters. The highest BCUT2D eigenvalue weighted by Gasteiger charge is 2.17. The Morgan fingerprint density at radius 2 is 2.06 bits per heavy atom. The molecule has 2 unspecified atom stereocenters. The number of hydrogen-bond acceptors (Lipinski definition) is 3. The SMILES string of the molecule is CC(NC(N)=O)C(=O)NC(C)c1cccs1. The number of nitrogens with two attached hydrogens (primary N) is 1. The molecule has 1 aromatic rings. The molecule has 0 aliphatic rings. The lowest BCUT2D eigenvalue weighted by Gasteiger charge is -2.16. The Morgan fingerprint density at radius 3 is 2.56 bits per heavy atom. The fraction of sp³-hybridized carbons (Fsp3) is 0.400. The van der Waals surface area contributed by atoms with Gasteiger partial charge in [-0.3, -0.25) is 4.79 Å². The molecule has 0 aliphatic heterocycles. The van der Waals surface area contributed by atoms with Gasteiger partial charge >= 0.3 is 6.03 Å². The van der Waals surface area contributed by atoms with Crippen LogP contribution < -0.4 is 16.4 Å². The third kappa shape index (κ3) is 3.54. The van der Waals surface area contributed by atoms with E-state index in [4.69, 9.17) is 5.73 Å². The summed E-state index contributed by atoms with van der Waals surface area (Å²) in [5, 5.41) is 7.06. The number of nitrogens with one attached hydrogen (secondary N) is 2. The van der Waals surface area contributed by atoms with Gasteiger partial charge in [-0.2, -0.15) is 0 Å². The van der Waals surface area contributed by atoms with E-state index in [1.165, 1.54) is 0 Å². The third-order valence-electron chi connectivity index (χ3n) is 2.08. The van der Waals surface area contributed by atoms with Crippen LogP contribution in [0.5, 0.6) is 0 Å². The zero-order valence-corrected chi connectivity index (χ0v) is 10.0. The molecule has 0 saturated carbocycles. The van der Waals surface area contributed by atoms with Gasteiger partial charge in [0, 0.05) is 4.88 Å². The summed E-state index contributed by atoms with van der Waals surface area (Å²) in [6.45, 7) is 3.47. The third-order valence-corrected chi connectivity index (χ3v) is 3.14. The van der Waals surface area contributed by atoms with Gasteiger partial charge in [0.05, 0.1) is 6.04 Å². The normalized spacial score (nSPS) is 13.9. The van der Waals surface area contributed by atoms with Crippen molar-refractivity contribution in [3.8, 4) is 0 Å². The van der Waals surface area contributed by atoms with Crippen molar-refractivity contribution in [3.63, 3.8) is 0 Å². The fourth-order valence-corrected chi connectivity index (χ4v) is 1.96. The van der Waals surface area contributed by atoms with Gasteiger partial charge in [0.15, 0.2) is 0 Å². The average molecular weight is 241 g/mol. The second-order valence-electron chi connectivity index (χ2n) is 3.48. The Bertz CT molecular complexity index is 364. The van der Waals surface area contributed by atoms with Crippen LogP contribution in [0.15, 0.2) is 17.5 Å². The lowest BCUT2D eigenvalue weighted by Crippen LogP contribution is -2.47. The number of urea groups is 1. The van der Waals surface area contributed by atoms with E-state index in [0.29, 0.717) is 0 Å². The van der Waals surface area contributed by atoms with Gasteiger partial charge in [-0.05, 0) is 25.3 Å². The number of thiophene rings is 1. The van der Waals surface area contributed by atoms with Crippen LogP contribution in [-0.2, 0) is 4.79 Å². The molecule has 0 aliphatic carbocycles. The quantitative estimate of drug-likeness (QED) is 0.734. The number of carbonyl (C=O) groups is 2. The molecule has 3 amide bonds. The van der Waals surface area contributed by atoms with Crippen LogP contribution in [-0.4, -0.2) is 18.0 Å². The van der Waals surface area contributed by atoms with Crippen molar-refractivity contribution < 1.29 is 9.59 Å². The maximum absolute atomic E-state index is 11.6. The second kappa shape index (κ2) is 5.50. The van der Waals surface area contributed by atoms with Crippen LogP contribution in [0, 0.1) is 0 Å². The topological polar surface area (TPSA) is 84.2 Å². The van der Waals surface area contributed by atoms with Crippen molar-refractivity contribution in [2.24, 2.45) is 5.73 Å². The monoisotopic (exact) mass is 241 g/mol. The summed E-state index contributed by atoms with van der Waals surface area (Å²) in [4.78, 5) is 23.2. The minimum Gasteiger partial charge on any atom is -0.352 e. The summed E-state index contributed by atoms with van der Waals surface area (Å²) in [6.07, 6.45) is 0. The Labute approximate surface area is 98.0 Å². The van der Waals surface area contributed by atoms with Crippen molar-refractivity contribution >= 4 is 23.3 Å². The van der Waals surface area contributed by atoms with E-state index < -0.39 is 12.1 Å². The van der Waals surface area contributed by atoms with Gasteiger partial charge in [0.1, 0.15) is 6.04 Å². The van der Waals surface area contributed by atoms with Crippen LogP contribution in [0.4, 0.5) is 4.79 Å². The highest BCUT2D eigenvalue weighted by atomic mass is 32.1. The van der Waals surface area contributed by atoms with E-state index >= 15 is 0 Å². The predicted molar refractivity (Wildman–Crippen MR) is 63.1 cm³/mol. The summed E-state index contributed by atoms with van der Waals surface area (Å²) >= 11 is 1.57. The minimum atomic E-state index is -0.702. The van der Waals surface area contributed by atoms with E-state index in [1.54, 1.807) is 18.3 Å². The first kappa shape index (κ1) is 12.5. The number of amides is 3. The molecular weight excluding hydrogens is 226 g/mol. The summed E-state index contributed by atoms with van der Waals surface area (Å²) in [6, 6.07) is 2.48. The van der Waals surface area contributed by atoms with E-state index in [0.717, 1.165) is 4.88 Å². The molecule has 6 heteroatoms. The molecule has 88 valence electrons. The molecule has 0 radical (unpaired) electrons. The molecule has 0 bridgehead atoms. The molecule has 0 aromatic carbocycles. The van der Waals surface area contributed by atoms with E-state index in [2.05, 4.69) is 10.6 Å². The van der Waals surface area contributed by atoms with Crippen LogP contribution in [0.2, 0.25) is 0 Å². The first-order valence-electron chi connectivity index (χ1n) is 4.90. The smallest absolute Gasteiger partial charge is 0.312 e. The summed E-state index contributed by atoms with van der Waals surface area (Å²) in [7, 11) is 0. The molecule has 1 aromatic heterocycles. The average Bonchev–Trinajstić information content (AvgIpc) is 2.68. The lowest BCUT2D eigenvalue weighted by molar-refractivity contribution is -0.123. The van der Waals surface area contributed by atoms with Crippen LogP contribution in [0.25, 0.3) is 0 Å². The number of rotatable bonds is 4. The molecule has 4 N–H and O–H groups in total. The van der Waals surface area contributed by atoms with E-state index in [9.17, 15) is 9.59 Å². The molecule has 5 nitrogen and oxygen atoms in total. The van der Waals surface area contributed by atoms with Crippen molar-refractivity contribution in [1.29, 1.82) is 0 Å². The highest BCUT2D eigenvalue weighted by Crippen LogP contribution is 2.17. The zero-order valence-electron chi connectivity index (χ0n) is 9.19. The van der Waals surface area contributed by atoms with Crippen LogP contribution in [0.1, 0.15) is 24.8 Å². The Kier molecular flexibility index (Phi) is 4.30. The van der Waals surface area contributed by atoms with E-state index in [-0.39, 0.29) is 11.9 Å². The Hall–Kier alpha value is -1.56. The summed E-state index contributed by atoms with van der Waals surface area (Å²) < 4.78 is 0. The molecule has 0 saturated heterocycles. The van der Waals surface area contributed by atoms with Gasteiger partial charge in [-0.1, -0.05) is 6.07 Å². The maximum atomic E-state index is 11.6. The number of primary amides is 1. The van der Waals surface area contributed by atoms with Crippen LogP contribution >= 0.6 is 11.3 Å². The highest BCUT2D eigenvalue weighted by molar-refractivity contribution is 7.10. The van der Waals surface area contributed by atoms with Crippen molar-refractivity contribution in [2.75, 3.05) is 0 Å². The van der Waals surface area contributed by atoms with Gasteiger partial charge in [-0.25, -0.2) is 4.79 Å². The first-order chi connectivity index (χ1) is 7.50. The van der Waals surface area contributed by atoms with Gasteiger partial charge in [0.2, 0.25) is 5.91 Å². The molecule has 16 heavy (non-hydrogen) atoms. The molecule has 0 fully saturated rings. The molecular formula is C10H15N3O2S. The maximum Gasteiger partial charge on any atom is 0.312 e. The minimum absolute atomic E-state index is 0.0652. The lowest BCUT2D eigenvalue weighted by atomic mass is 10.2. The largest absolute Gasteiger partial charge is 0.352 e. The van der Waals surface area contributed by atoms with Crippen molar-refractivity contribution in [3.05, 3.63) is 22.4 Å². The number of carbonyl (C=O) groups excluding carboxylic acids is 2. The molecule has 1 rings (SSSR count). The summed E-state index contributed by atoms with van der Waals surface area (Å²) in [5.41, 5.74) is 4.93. The Balaban J connectivity index is 2.48. The van der Waals surface area contributed by atoms with Crippen molar-refractivity contribution in [2.45, 2.75) is 25.9 Å². The predicted octanol–water partition coefficient (Wildman–Crippen LogP) is 0.982. The molecule has 1 heterocycles. The molecule has 0 spiro atoms. The van der Waals surface area contributed by atoms with Gasteiger partial charge in [0.25, 0.3) is 0 Å². The van der Waals surface area contributed by atoms with Gasteiger partial charge in [-0.15, -0.1) is 11.3 Å². The second-order valence-corrected chi connectivity index (χ2v) is 4.46. The zero-order chi connectivity index (χ0) is 12.1. The number of hydrogen-bond donors (Lipinski definition) is 3. The Morgan fingerprint density at radius 1 is 1.38 bits per heavy atom. The van der Waals surface area contributed by atoms with Gasteiger partial charge < -0.3 is 16.4 Å². The van der Waals surface area contributed by atoms with E-state index in [1.807, 2.05) is 24.4 Å². The first-order valence-corrected chi connectivity index (χ1v) is 5.78. The summed E-state index contributed by atoms with van der Waals surface area (Å²) in [5.74, 6) is -0.250.